The van der Waals surface area contributed by atoms with Gasteiger partial charge >= 0.3 is 0 Å². The van der Waals surface area contributed by atoms with E-state index in [2.05, 4.69) is 4.90 Å². The lowest BCUT2D eigenvalue weighted by atomic mass is 9.95. The Kier molecular flexibility index (Phi) is 3.07. The van der Waals surface area contributed by atoms with Gasteiger partial charge < -0.3 is 9.80 Å². The molecular formula is C9H19FN2. The highest BCUT2D eigenvalue weighted by Crippen LogP contribution is 2.24. The lowest BCUT2D eigenvalue weighted by molar-refractivity contribution is 0.0360. The van der Waals surface area contributed by atoms with Crippen molar-refractivity contribution in [3.8, 4) is 0 Å². The number of likely N-dealkylation sites (tertiary alicyclic amines) is 1. The lowest BCUT2D eigenvalue weighted by Gasteiger charge is -2.36. The molecule has 0 N–H and O–H groups in total. The zero-order valence-corrected chi connectivity index (χ0v) is 8.31. The van der Waals surface area contributed by atoms with Gasteiger partial charge in [-0.15, -0.1) is 0 Å². The van der Waals surface area contributed by atoms with Crippen LogP contribution in [0.5, 0.6) is 0 Å². The summed E-state index contributed by atoms with van der Waals surface area (Å²) in [5.41, 5.74) is -0.976. The molecule has 0 aromatic rings. The maximum Gasteiger partial charge on any atom is 0.136 e. The molecule has 1 atom stereocenters. The molecule has 0 spiro atoms. The first-order valence-electron chi connectivity index (χ1n) is 4.54. The summed E-state index contributed by atoms with van der Waals surface area (Å²) in [4.78, 5) is 4.01. The second-order valence-electron chi connectivity index (χ2n) is 4.23. The molecule has 0 radical (unpaired) electrons. The summed E-state index contributed by atoms with van der Waals surface area (Å²) in [6, 6.07) is 0. The summed E-state index contributed by atoms with van der Waals surface area (Å²) in [5.74, 6) is 0. The minimum Gasteiger partial charge on any atom is -0.306 e. The van der Waals surface area contributed by atoms with E-state index in [1.54, 1.807) is 0 Å². The zero-order valence-electron chi connectivity index (χ0n) is 8.31. The van der Waals surface area contributed by atoms with E-state index in [1.165, 1.54) is 0 Å². The molecule has 1 heterocycles. The first-order valence-corrected chi connectivity index (χ1v) is 4.54. The fourth-order valence-corrected chi connectivity index (χ4v) is 2.00. The minimum absolute atomic E-state index is 0.553. The van der Waals surface area contributed by atoms with Crippen molar-refractivity contribution >= 4 is 0 Å². The highest BCUT2D eigenvalue weighted by atomic mass is 19.1. The smallest absolute Gasteiger partial charge is 0.136 e. The summed E-state index contributed by atoms with van der Waals surface area (Å²) < 4.78 is 14.0. The van der Waals surface area contributed by atoms with Crippen molar-refractivity contribution in [2.45, 2.75) is 18.5 Å². The molecule has 1 fully saturated rings. The summed E-state index contributed by atoms with van der Waals surface area (Å²) in [6.07, 6.45) is 1.70. The van der Waals surface area contributed by atoms with E-state index in [9.17, 15) is 4.39 Å². The molecule has 0 saturated carbocycles. The molecule has 1 rings (SSSR count). The Bertz CT molecular complexity index is 145. The lowest BCUT2D eigenvalue weighted by Crippen LogP contribution is -2.48. The Morgan fingerprint density at radius 2 is 2.17 bits per heavy atom. The monoisotopic (exact) mass is 174 g/mol. The molecule has 0 bridgehead atoms. The number of nitrogens with zero attached hydrogens (tertiary/aromatic N) is 2. The van der Waals surface area contributed by atoms with E-state index in [1.807, 2.05) is 26.0 Å². The summed E-state index contributed by atoms with van der Waals surface area (Å²) in [5, 5.41) is 0. The molecule has 0 aliphatic carbocycles. The Morgan fingerprint density at radius 3 is 2.67 bits per heavy atom. The normalized spacial score (nSPS) is 32.8. The van der Waals surface area contributed by atoms with Crippen LogP contribution in [0.15, 0.2) is 0 Å². The molecule has 3 heteroatoms. The highest BCUT2D eigenvalue weighted by molar-refractivity contribution is 4.88. The number of piperidine rings is 1. The molecule has 12 heavy (non-hydrogen) atoms. The Morgan fingerprint density at radius 1 is 1.50 bits per heavy atom. The van der Waals surface area contributed by atoms with Crippen molar-refractivity contribution in [3.63, 3.8) is 0 Å². The number of hydrogen-bond donors (Lipinski definition) is 0. The minimum atomic E-state index is -0.976. The van der Waals surface area contributed by atoms with Crippen LogP contribution in [0.4, 0.5) is 4.39 Å². The van der Waals surface area contributed by atoms with Crippen molar-refractivity contribution in [2.75, 3.05) is 40.8 Å². The van der Waals surface area contributed by atoms with Crippen molar-refractivity contribution in [1.82, 2.24) is 9.80 Å². The molecule has 1 aliphatic rings. The number of rotatable bonds is 2. The van der Waals surface area contributed by atoms with E-state index >= 15 is 0 Å². The van der Waals surface area contributed by atoms with E-state index in [-0.39, 0.29) is 0 Å². The Hall–Kier alpha value is -0.150. The standard InChI is InChI=1S/C9H19FN2/c1-11(2)7-9(10)5-4-6-12(3)8-9/h4-8H2,1-3H3/t9-/m1/s1. The third-order valence-corrected chi connectivity index (χ3v) is 2.32. The molecule has 0 aromatic carbocycles. The van der Waals surface area contributed by atoms with Crippen molar-refractivity contribution in [2.24, 2.45) is 0 Å². The van der Waals surface area contributed by atoms with Gasteiger partial charge in [-0.1, -0.05) is 0 Å². The Labute approximate surface area is 74.3 Å². The van der Waals surface area contributed by atoms with Crippen LogP contribution in [0.2, 0.25) is 0 Å². The van der Waals surface area contributed by atoms with E-state index in [0.717, 1.165) is 19.4 Å². The molecule has 0 aromatic heterocycles. The van der Waals surface area contributed by atoms with Crippen LogP contribution < -0.4 is 0 Å². The van der Waals surface area contributed by atoms with Crippen LogP contribution in [0, 0.1) is 0 Å². The van der Waals surface area contributed by atoms with Gasteiger partial charge in [0.25, 0.3) is 0 Å². The molecular weight excluding hydrogens is 155 g/mol. The molecule has 1 saturated heterocycles. The fourth-order valence-electron chi connectivity index (χ4n) is 2.00. The molecule has 0 unspecified atom stereocenters. The fraction of sp³-hybridized carbons (Fsp3) is 1.00. The second-order valence-corrected chi connectivity index (χ2v) is 4.23. The zero-order chi connectivity index (χ0) is 9.19. The molecule has 0 amide bonds. The van der Waals surface area contributed by atoms with Crippen LogP contribution in [-0.4, -0.2) is 56.2 Å². The number of halogens is 1. The first kappa shape index (κ1) is 9.93. The maximum absolute atomic E-state index is 14.0. The topological polar surface area (TPSA) is 6.48 Å². The van der Waals surface area contributed by atoms with E-state index in [0.29, 0.717) is 13.1 Å². The SMILES string of the molecule is CN(C)C[C@]1(F)CCCN(C)C1. The van der Waals surface area contributed by atoms with Gasteiger partial charge in [-0.25, -0.2) is 4.39 Å². The van der Waals surface area contributed by atoms with Crippen LogP contribution >= 0.6 is 0 Å². The third kappa shape index (κ3) is 2.72. The molecule has 72 valence electrons. The summed E-state index contributed by atoms with van der Waals surface area (Å²) >= 11 is 0. The summed E-state index contributed by atoms with van der Waals surface area (Å²) in [7, 11) is 5.84. The van der Waals surface area contributed by atoms with Gasteiger partial charge in [-0.2, -0.15) is 0 Å². The summed E-state index contributed by atoms with van der Waals surface area (Å²) in [6.45, 7) is 2.18. The largest absolute Gasteiger partial charge is 0.306 e. The predicted octanol–water partition coefficient (Wildman–Crippen LogP) is 0.982. The van der Waals surface area contributed by atoms with Gasteiger partial charge in [-0.05, 0) is 40.5 Å². The van der Waals surface area contributed by atoms with Crippen LogP contribution in [0.1, 0.15) is 12.8 Å². The quantitative estimate of drug-likeness (QED) is 0.616. The van der Waals surface area contributed by atoms with Crippen LogP contribution in [-0.2, 0) is 0 Å². The van der Waals surface area contributed by atoms with E-state index in [4.69, 9.17) is 0 Å². The van der Waals surface area contributed by atoms with Gasteiger partial charge in [0.2, 0.25) is 0 Å². The van der Waals surface area contributed by atoms with Crippen molar-refractivity contribution < 1.29 is 4.39 Å². The van der Waals surface area contributed by atoms with Crippen molar-refractivity contribution in [3.05, 3.63) is 0 Å². The average molecular weight is 174 g/mol. The van der Waals surface area contributed by atoms with Crippen molar-refractivity contribution in [1.29, 1.82) is 0 Å². The predicted molar refractivity (Wildman–Crippen MR) is 49.1 cm³/mol. The number of alkyl halides is 1. The van der Waals surface area contributed by atoms with Gasteiger partial charge in [0, 0.05) is 13.1 Å². The average Bonchev–Trinajstić information content (AvgIpc) is 1.82. The maximum atomic E-state index is 14.0. The Balaban J connectivity index is 2.45. The first-order chi connectivity index (χ1) is 5.52. The van der Waals surface area contributed by atoms with Crippen LogP contribution in [0.3, 0.4) is 0 Å². The highest BCUT2D eigenvalue weighted by Gasteiger charge is 2.34. The van der Waals surface area contributed by atoms with E-state index < -0.39 is 5.67 Å². The molecule has 1 aliphatic heterocycles. The van der Waals surface area contributed by atoms with Gasteiger partial charge in [0.05, 0.1) is 0 Å². The van der Waals surface area contributed by atoms with Crippen LogP contribution in [0.25, 0.3) is 0 Å². The molecule has 2 nitrogen and oxygen atoms in total. The van der Waals surface area contributed by atoms with Gasteiger partial charge in [0.15, 0.2) is 0 Å². The van der Waals surface area contributed by atoms with Gasteiger partial charge in [0.1, 0.15) is 5.67 Å². The van der Waals surface area contributed by atoms with Gasteiger partial charge in [-0.3, -0.25) is 0 Å². The second kappa shape index (κ2) is 3.71. The third-order valence-electron chi connectivity index (χ3n) is 2.32. The number of hydrogen-bond acceptors (Lipinski definition) is 2.